The van der Waals surface area contributed by atoms with Crippen molar-refractivity contribution in [3.8, 4) is 0 Å². The lowest BCUT2D eigenvalue weighted by Gasteiger charge is -2.08. The van der Waals surface area contributed by atoms with Crippen LogP contribution in [-0.4, -0.2) is 24.3 Å². The zero-order valence-electron chi connectivity index (χ0n) is 10.1. The molecule has 1 aliphatic heterocycles. The Balaban J connectivity index is 1.68. The van der Waals surface area contributed by atoms with Crippen LogP contribution in [0.15, 0.2) is 35.3 Å². The van der Waals surface area contributed by atoms with Crippen molar-refractivity contribution >= 4 is 5.97 Å². The maximum atomic E-state index is 11.9. The molecule has 1 heterocycles. The summed E-state index contributed by atoms with van der Waals surface area (Å²) in [5.74, 6) is 0.540. The summed E-state index contributed by atoms with van der Waals surface area (Å²) in [5.41, 5.74) is 0.781. The number of aliphatic hydroxyl groups excluding tert-OH is 1. The Morgan fingerprint density at radius 1 is 1.50 bits per heavy atom. The Kier molecular flexibility index (Phi) is 2.86. The van der Waals surface area contributed by atoms with Crippen molar-refractivity contribution in [1.29, 1.82) is 0 Å². The first-order chi connectivity index (χ1) is 8.74. The molecule has 1 N–H and O–H groups in total. The van der Waals surface area contributed by atoms with E-state index in [-0.39, 0.29) is 11.7 Å². The minimum absolute atomic E-state index is 0.140. The van der Waals surface area contributed by atoms with Gasteiger partial charge in [0, 0.05) is 12.0 Å². The van der Waals surface area contributed by atoms with Crippen LogP contribution in [0.1, 0.15) is 19.3 Å². The van der Waals surface area contributed by atoms with Crippen LogP contribution in [0.3, 0.4) is 0 Å². The number of esters is 1. The van der Waals surface area contributed by atoms with E-state index in [1.807, 2.05) is 0 Å². The fourth-order valence-corrected chi connectivity index (χ4v) is 2.12. The summed E-state index contributed by atoms with van der Waals surface area (Å²) in [6.07, 6.45) is 8.01. The average Bonchev–Trinajstić information content (AvgIpc) is 3.10. The van der Waals surface area contributed by atoms with E-state index in [0.717, 1.165) is 18.4 Å². The van der Waals surface area contributed by atoms with Crippen molar-refractivity contribution < 1.29 is 19.4 Å². The van der Waals surface area contributed by atoms with E-state index in [9.17, 15) is 9.90 Å². The molecule has 0 saturated heterocycles. The van der Waals surface area contributed by atoms with Crippen LogP contribution in [0, 0.1) is 11.8 Å². The summed E-state index contributed by atoms with van der Waals surface area (Å²) in [7, 11) is 0. The summed E-state index contributed by atoms with van der Waals surface area (Å²) >= 11 is 0. The van der Waals surface area contributed by atoms with Gasteiger partial charge in [0.15, 0.2) is 0 Å². The summed E-state index contributed by atoms with van der Waals surface area (Å²) < 4.78 is 10.6. The predicted molar refractivity (Wildman–Crippen MR) is 64.6 cm³/mol. The monoisotopic (exact) mass is 248 g/mol. The van der Waals surface area contributed by atoms with E-state index in [4.69, 9.17) is 9.47 Å². The molecule has 0 spiro atoms. The van der Waals surface area contributed by atoms with E-state index in [0.29, 0.717) is 31.3 Å². The summed E-state index contributed by atoms with van der Waals surface area (Å²) in [4.78, 5) is 11.9. The Bertz CT molecular complexity index is 454. The van der Waals surface area contributed by atoms with E-state index in [1.54, 1.807) is 18.2 Å². The number of aliphatic hydroxyl groups is 1. The largest absolute Gasteiger partial charge is 0.508 e. The van der Waals surface area contributed by atoms with Crippen molar-refractivity contribution in [2.45, 2.75) is 19.3 Å². The van der Waals surface area contributed by atoms with Gasteiger partial charge in [-0.2, -0.15) is 0 Å². The molecule has 0 radical (unpaired) electrons. The van der Waals surface area contributed by atoms with Gasteiger partial charge in [0.2, 0.25) is 0 Å². The molecule has 96 valence electrons. The second kappa shape index (κ2) is 4.52. The second-order valence-electron chi connectivity index (χ2n) is 4.95. The molecular weight excluding hydrogens is 232 g/mol. The number of hydrogen-bond donors (Lipinski definition) is 1. The van der Waals surface area contributed by atoms with Crippen LogP contribution in [0.5, 0.6) is 0 Å². The number of rotatable bonds is 3. The lowest BCUT2D eigenvalue weighted by atomic mass is 10.1. The molecule has 0 aromatic heterocycles. The first-order valence-corrected chi connectivity index (χ1v) is 6.36. The molecule has 1 saturated carbocycles. The maximum absolute atomic E-state index is 11.9. The standard InChI is InChI=1S/C14H16O4/c15-12-7-10(14(16)18-8-9-1-2-9)3-4-13-11(12)5-6-17-13/h3-4,7,9-10,15H,1-2,5-6,8H2/t10-/m1/s1. The highest BCUT2D eigenvalue weighted by Crippen LogP contribution is 2.31. The van der Waals surface area contributed by atoms with Gasteiger partial charge in [0.1, 0.15) is 11.5 Å². The Hall–Kier alpha value is -1.71. The van der Waals surface area contributed by atoms with Crippen molar-refractivity contribution in [3.63, 3.8) is 0 Å². The van der Waals surface area contributed by atoms with Crippen LogP contribution in [0.25, 0.3) is 0 Å². The van der Waals surface area contributed by atoms with Gasteiger partial charge in [0.25, 0.3) is 0 Å². The molecule has 1 fully saturated rings. The fourth-order valence-electron chi connectivity index (χ4n) is 2.12. The quantitative estimate of drug-likeness (QED) is 0.778. The molecule has 3 rings (SSSR count). The molecule has 3 aliphatic rings. The molecule has 4 heteroatoms. The molecule has 4 nitrogen and oxygen atoms in total. The first-order valence-electron chi connectivity index (χ1n) is 6.36. The van der Waals surface area contributed by atoms with Crippen LogP contribution >= 0.6 is 0 Å². The van der Waals surface area contributed by atoms with Gasteiger partial charge in [-0.3, -0.25) is 4.79 Å². The highest BCUT2D eigenvalue weighted by atomic mass is 16.5. The van der Waals surface area contributed by atoms with Crippen molar-refractivity contribution in [2.24, 2.45) is 11.8 Å². The smallest absolute Gasteiger partial charge is 0.316 e. The molecular formula is C14H16O4. The third-order valence-corrected chi connectivity index (χ3v) is 3.44. The predicted octanol–water partition coefficient (Wildman–Crippen LogP) is 2.24. The Morgan fingerprint density at radius 3 is 3.11 bits per heavy atom. The summed E-state index contributed by atoms with van der Waals surface area (Å²) in [6, 6.07) is 0. The van der Waals surface area contributed by atoms with E-state index in [2.05, 4.69) is 0 Å². The van der Waals surface area contributed by atoms with Gasteiger partial charge >= 0.3 is 5.97 Å². The molecule has 1 atom stereocenters. The molecule has 0 aromatic rings. The molecule has 0 unspecified atom stereocenters. The molecule has 0 amide bonds. The minimum Gasteiger partial charge on any atom is -0.508 e. The van der Waals surface area contributed by atoms with Gasteiger partial charge in [0.05, 0.1) is 19.1 Å². The van der Waals surface area contributed by atoms with Gasteiger partial charge in [-0.25, -0.2) is 0 Å². The van der Waals surface area contributed by atoms with Crippen LogP contribution in [0.2, 0.25) is 0 Å². The normalized spacial score (nSPS) is 26.2. The van der Waals surface area contributed by atoms with Crippen LogP contribution < -0.4 is 0 Å². The van der Waals surface area contributed by atoms with Crippen molar-refractivity contribution in [1.82, 2.24) is 0 Å². The minimum atomic E-state index is -0.516. The van der Waals surface area contributed by atoms with E-state index >= 15 is 0 Å². The van der Waals surface area contributed by atoms with Gasteiger partial charge in [-0.15, -0.1) is 0 Å². The van der Waals surface area contributed by atoms with Gasteiger partial charge < -0.3 is 14.6 Å². The second-order valence-corrected chi connectivity index (χ2v) is 4.95. The lowest BCUT2D eigenvalue weighted by molar-refractivity contribution is -0.145. The Labute approximate surface area is 106 Å². The average molecular weight is 248 g/mol. The molecule has 2 aliphatic carbocycles. The zero-order valence-corrected chi connectivity index (χ0v) is 10.1. The van der Waals surface area contributed by atoms with Crippen molar-refractivity contribution in [2.75, 3.05) is 13.2 Å². The SMILES string of the molecule is O=C(OCC1CC1)[C@@H]1C=CC2=C(CCO2)C(O)=C1. The van der Waals surface area contributed by atoms with E-state index in [1.165, 1.54) is 0 Å². The van der Waals surface area contributed by atoms with Gasteiger partial charge in [-0.1, -0.05) is 6.08 Å². The third-order valence-electron chi connectivity index (χ3n) is 3.44. The number of ether oxygens (including phenoxy) is 2. The highest BCUT2D eigenvalue weighted by molar-refractivity contribution is 5.77. The zero-order chi connectivity index (χ0) is 12.5. The first kappa shape index (κ1) is 11.4. The Morgan fingerprint density at radius 2 is 2.33 bits per heavy atom. The summed E-state index contributed by atoms with van der Waals surface area (Å²) in [5, 5.41) is 9.94. The third kappa shape index (κ3) is 2.28. The number of carbonyl (C=O) groups excluding carboxylic acids is 1. The summed E-state index contributed by atoms with van der Waals surface area (Å²) in [6.45, 7) is 1.09. The van der Waals surface area contributed by atoms with Crippen LogP contribution in [0.4, 0.5) is 0 Å². The molecule has 18 heavy (non-hydrogen) atoms. The van der Waals surface area contributed by atoms with Crippen LogP contribution in [-0.2, 0) is 14.3 Å². The number of hydrogen-bond acceptors (Lipinski definition) is 4. The molecule has 0 aromatic carbocycles. The van der Waals surface area contributed by atoms with Gasteiger partial charge in [-0.05, 0) is 30.9 Å². The highest BCUT2D eigenvalue weighted by Gasteiger charge is 2.27. The maximum Gasteiger partial charge on any atom is 0.316 e. The van der Waals surface area contributed by atoms with E-state index < -0.39 is 5.92 Å². The van der Waals surface area contributed by atoms with Crippen molar-refractivity contribution in [3.05, 3.63) is 35.3 Å². The lowest BCUT2D eigenvalue weighted by Crippen LogP contribution is -2.15. The topological polar surface area (TPSA) is 55.8 Å². The number of carbonyl (C=O) groups is 1. The molecule has 0 bridgehead atoms. The fraction of sp³-hybridized carbons (Fsp3) is 0.500. The number of allylic oxidation sites excluding steroid dienone is 2.